The Labute approximate surface area is 586 Å². The number of phosphoric ester groups is 2. The molecule has 0 aromatic rings. The second-order valence-electron chi connectivity index (χ2n) is 28.5. The first-order valence-corrected chi connectivity index (χ1v) is 42.2. The number of aliphatic hydroxyl groups is 1. The molecule has 3 unspecified atom stereocenters. The maximum Gasteiger partial charge on any atom is 0.472 e. The maximum atomic E-state index is 13.1. The van der Waals surface area contributed by atoms with E-state index in [-0.39, 0.29) is 25.7 Å². The summed E-state index contributed by atoms with van der Waals surface area (Å²) in [5.74, 6) is 0.104. The fourth-order valence-corrected chi connectivity index (χ4v) is 12.8. The molecule has 566 valence electrons. The Hall–Kier alpha value is -2.46. The van der Waals surface area contributed by atoms with E-state index >= 15 is 0 Å². The monoisotopic (exact) mass is 1410 g/mol. The zero-order valence-corrected chi connectivity index (χ0v) is 64.1. The Kier molecular flexibility index (Phi) is 65.3. The van der Waals surface area contributed by atoms with E-state index in [4.69, 9.17) is 37.0 Å². The Morgan fingerprint density at radius 1 is 0.323 bits per heavy atom. The van der Waals surface area contributed by atoms with Gasteiger partial charge >= 0.3 is 39.5 Å². The number of phosphoric acid groups is 2. The summed E-state index contributed by atoms with van der Waals surface area (Å²) >= 11 is 0. The van der Waals surface area contributed by atoms with Crippen molar-refractivity contribution in [2.45, 2.75) is 388 Å². The molecule has 0 spiro atoms. The number of allylic oxidation sites excluding steroid dienone is 4. The van der Waals surface area contributed by atoms with E-state index in [2.05, 4.69) is 72.8 Å². The van der Waals surface area contributed by atoms with Gasteiger partial charge in [0.2, 0.25) is 0 Å². The van der Waals surface area contributed by atoms with Crippen LogP contribution in [0.25, 0.3) is 0 Å². The fourth-order valence-electron chi connectivity index (χ4n) is 11.2. The zero-order valence-electron chi connectivity index (χ0n) is 62.3. The van der Waals surface area contributed by atoms with Gasteiger partial charge in [-0.3, -0.25) is 37.3 Å². The maximum absolute atomic E-state index is 13.1. The molecule has 0 aliphatic heterocycles. The van der Waals surface area contributed by atoms with E-state index < -0.39 is 97.5 Å². The van der Waals surface area contributed by atoms with Crippen LogP contribution in [-0.4, -0.2) is 96.7 Å². The number of unbranched alkanes of at least 4 members (excludes halogenated alkanes) is 38. The van der Waals surface area contributed by atoms with Crippen LogP contribution in [0.1, 0.15) is 370 Å². The van der Waals surface area contributed by atoms with Gasteiger partial charge in [-0.05, 0) is 69.1 Å². The number of hydrogen-bond acceptors (Lipinski definition) is 15. The van der Waals surface area contributed by atoms with Crippen molar-refractivity contribution in [2.75, 3.05) is 39.6 Å². The number of aliphatic hydroxyl groups excluding tert-OH is 1. The highest BCUT2D eigenvalue weighted by Gasteiger charge is 2.30. The Morgan fingerprint density at radius 2 is 0.562 bits per heavy atom. The quantitative estimate of drug-likeness (QED) is 0.0169. The van der Waals surface area contributed by atoms with Crippen LogP contribution < -0.4 is 0 Å². The van der Waals surface area contributed by atoms with E-state index in [9.17, 15) is 43.2 Å². The summed E-state index contributed by atoms with van der Waals surface area (Å²) in [6.07, 6.45) is 56.4. The molecule has 0 bridgehead atoms. The van der Waals surface area contributed by atoms with Crippen molar-refractivity contribution in [1.82, 2.24) is 0 Å². The highest BCUT2D eigenvalue weighted by molar-refractivity contribution is 7.47. The number of hydrogen-bond donors (Lipinski definition) is 3. The summed E-state index contributed by atoms with van der Waals surface area (Å²) in [6.45, 7) is 11.8. The third-order valence-corrected chi connectivity index (χ3v) is 19.2. The van der Waals surface area contributed by atoms with Crippen LogP contribution in [0.3, 0.4) is 0 Å². The van der Waals surface area contributed by atoms with Crippen molar-refractivity contribution in [3.8, 4) is 0 Å². The number of carbonyl (C=O) groups excluding carboxylic acids is 4. The van der Waals surface area contributed by atoms with Crippen molar-refractivity contribution >= 4 is 39.5 Å². The van der Waals surface area contributed by atoms with E-state index in [1.807, 2.05) is 0 Å². The highest BCUT2D eigenvalue weighted by Crippen LogP contribution is 2.45. The predicted octanol–water partition coefficient (Wildman–Crippen LogP) is 22.1. The Balaban J connectivity index is 5.25. The molecule has 96 heavy (non-hydrogen) atoms. The van der Waals surface area contributed by atoms with Gasteiger partial charge in [0.25, 0.3) is 0 Å². The minimum absolute atomic E-state index is 0.0843. The van der Waals surface area contributed by atoms with E-state index in [1.165, 1.54) is 161 Å². The first-order valence-electron chi connectivity index (χ1n) is 39.2. The third-order valence-electron chi connectivity index (χ3n) is 17.3. The van der Waals surface area contributed by atoms with E-state index in [0.29, 0.717) is 31.6 Å². The van der Waals surface area contributed by atoms with Gasteiger partial charge in [0.1, 0.15) is 19.3 Å². The summed E-state index contributed by atoms with van der Waals surface area (Å²) in [4.78, 5) is 72.8. The predicted molar refractivity (Wildman–Crippen MR) is 390 cm³/mol. The molecule has 0 amide bonds. The minimum atomic E-state index is -4.96. The summed E-state index contributed by atoms with van der Waals surface area (Å²) in [7, 11) is -9.93. The summed E-state index contributed by atoms with van der Waals surface area (Å²) in [5.41, 5.74) is 0. The molecule has 0 aliphatic carbocycles. The molecule has 0 saturated heterocycles. The van der Waals surface area contributed by atoms with Crippen LogP contribution in [0.5, 0.6) is 0 Å². The van der Waals surface area contributed by atoms with Crippen molar-refractivity contribution in [1.29, 1.82) is 0 Å². The molecule has 0 radical (unpaired) electrons. The molecular formula is C77H146O17P2. The Morgan fingerprint density at radius 3 is 0.844 bits per heavy atom. The van der Waals surface area contributed by atoms with Crippen LogP contribution in [0.4, 0.5) is 0 Å². The standard InChI is InChI=1S/C77H146O17P2/c1-8-9-10-11-12-13-14-15-18-22-25-30-38-46-53-60-76(81)93-72(64-87-74(79)58-51-44-37-32-27-29-35-42-49-56-69(4)5)66-91-95(83,84)89-62-71(78)63-90-96(85,86)92-67-73(65-88-75(80)59-52-45-40-33-36-43-50-57-70(6)7)94-77(82)61-54-47-39-31-26-23-20-17-16-19-21-24-28-34-41-48-55-68(2)3/h13-15,18,68-73,78H,8-12,16-17,19-67H2,1-7H3,(H,83,84)(H,85,86)/b14-13-,18-15-/t71?,72-,73-/m1/s1. The topological polar surface area (TPSA) is 237 Å². The van der Waals surface area contributed by atoms with Gasteiger partial charge in [-0.2, -0.15) is 0 Å². The number of rotatable bonds is 73. The second-order valence-corrected chi connectivity index (χ2v) is 31.4. The SMILES string of the molecule is CCCCCC/C=C\C=C/CCCCCCCC(=O)O[C@H](COC(=O)CCCCCCCCCCCC(C)C)COP(=O)(O)OCC(O)COP(=O)(O)OC[C@@H](COC(=O)CCCCCCCCCC(C)C)OC(=O)CCCCCCCCCCCCCCCCCCC(C)C. The average molecular weight is 1410 g/mol. The van der Waals surface area contributed by atoms with Crippen LogP contribution in [0.15, 0.2) is 24.3 Å². The third kappa shape index (κ3) is 70.0. The van der Waals surface area contributed by atoms with Crippen LogP contribution in [0, 0.1) is 17.8 Å². The van der Waals surface area contributed by atoms with E-state index in [1.54, 1.807) is 0 Å². The lowest BCUT2D eigenvalue weighted by Gasteiger charge is -2.21. The van der Waals surface area contributed by atoms with Crippen LogP contribution in [0.2, 0.25) is 0 Å². The molecule has 19 heteroatoms. The van der Waals surface area contributed by atoms with Crippen molar-refractivity contribution in [3.63, 3.8) is 0 Å². The van der Waals surface area contributed by atoms with Crippen molar-refractivity contribution < 1.29 is 80.2 Å². The number of esters is 4. The summed E-state index contributed by atoms with van der Waals surface area (Å²) in [6, 6.07) is 0. The lowest BCUT2D eigenvalue weighted by Crippen LogP contribution is -2.30. The molecule has 0 rings (SSSR count). The van der Waals surface area contributed by atoms with Crippen LogP contribution >= 0.6 is 15.6 Å². The molecule has 3 N–H and O–H groups in total. The first kappa shape index (κ1) is 93.5. The molecule has 17 nitrogen and oxygen atoms in total. The smallest absolute Gasteiger partial charge is 0.462 e. The lowest BCUT2D eigenvalue weighted by molar-refractivity contribution is -0.161. The molecule has 0 saturated carbocycles. The highest BCUT2D eigenvalue weighted by atomic mass is 31.2. The van der Waals surface area contributed by atoms with Gasteiger partial charge in [0.05, 0.1) is 26.4 Å². The molecule has 0 aliphatic rings. The lowest BCUT2D eigenvalue weighted by atomic mass is 10.0. The van der Waals surface area contributed by atoms with Crippen LogP contribution in [-0.2, 0) is 65.4 Å². The average Bonchev–Trinajstić information content (AvgIpc) is 1.56. The normalized spacial score (nSPS) is 14.2. The van der Waals surface area contributed by atoms with Gasteiger partial charge in [-0.15, -0.1) is 0 Å². The van der Waals surface area contributed by atoms with E-state index in [0.717, 1.165) is 121 Å². The molecular weight excluding hydrogens is 1260 g/mol. The summed E-state index contributed by atoms with van der Waals surface area (Å²) in [5, 5.41) is 10.6. The molecule has 0 heterocycles. The molecule has 0 aromatic heterocycles. The van der Waals surface area contributed by atoms with Gasteiger partial charge in [0, 0.05) is 25.7 Å². The number of carbonyl (C=O) groups is 4. The Bertz CT molecular complexity index is 1960. The second kappa shape index (κ2) is 67.1. The first-order chi connectivity index (χ1) is 46.2. The minimum Gasteiger partial charge on any atom is -0.462 e. The van der Waals surface area contributed by atoms with Crippen molar-refractivity contribution in [2.24, 2.45) is 17.8 Å². The largest absolute Gasteiger partial charge is 0.472 e. The van der Waals surface area contributed by atoms with Gasteiger partial charge < -0.3 is 33.8 Å². The molecule has 0 fully saturated rings. The number of ether oxygens (including phenoxy) is 4. The summed E-state index contributed by atoms with van der Waals surface area (Å²) < 4.78 is 68.5. The van der Waals surface area contributed by atoms with Gasteiger partial charge in [0.15, 0.2) is 12.2 Å². The van der Waals surface area contributed by atoms with Crippen molar-refractivity contribution in [3.05, 3.63) is 24.3 Å². The van der Waals surface area contributed by atoms with Gasteiger partial charge in [-0.1, -0.05) is 317 Å². The fraction of sp³-hybridized carbons (Fsp3) is 0.896. The molecule has 5 atom stereocenters. The van der Waals surface area contributed by atoms with Gasteiger partial charge in [-0.25, -0.2) is 9.13 Å². The zero-order chi connectivity index (χ0) is 70.9. The molecule has 0 aromatic carbocycles.